The molecular formula is C25H22ClFN2O2. The van der Waals surface area contributed by atoms with Crippen LogP contribution < -0.4 is 5.32 Å². The molecule has 31 heavy (non-hydrogen) atoms. The van der Waals surface area contributed by atoms with Gasteiger partial charge in [-0.25, -0.2) is 9.18 Å². The Kier molecular flexibility index (Phi) is 6.07. The number of nitrogens with one attached hydrogen (secondary N) is 1. The van der Waals surface area contributed by atoms with Crippen LogP contribution in [0, 0.1) is 12.7 Å². The van der Waals surface area contributed by atoms with Gasteiger partial charge >= 0.3 is 5.97 Å². The molecule has 1 aromatic heterocycles. The van der Waals surface area contributed by atoms with Crippen molar-refractivity contribution < 1.29 is 14.3 Å². The van der Waals surface area contributed by atoms with Crippen molar-refractivity contribution in [2.24, 2.45) is 0 Å². The lowest BCUT2D eigenvalue weighted by Crippen LogP contribution is -2.17. The smallest absolute Gasteiger partial charge is 0.352 e. The van der Waals surface area contributed by atoms with Crippen LogP contribution in [0.5, 0.6) is 0 Å². The second kappa shape index (κ2) is 8.92. The molecule has 0 saturated carbocycles. The number of hydrogen-bond acceptors (Lipinski definition) is 2. The van der Waals surface area contributed by atoms with Crippen LogP contribution >= 0.6 is 11.6 Å². The number of nitrogens with zero attached hydrogens (tertiary/aromatic N) is 1. The van der Waals surface area contributed by atoms with Gasteiger partial charge in [-0.2, -0.15) is 0 Å². The molecule has 0 unspecified atom stereocenters. The van der Waals surface area contributed by atoms with E-state index >= 15 is 0 Å². The zero-order chi connectivity index (χ0) is 22.0. The molecule has 0 saturated heterocycles. The summed E-state index contributed by atoms with van der Waals surface area (Å²) >= 11 is 6.24. The first-order chi connectivity index (χ1) is 14.9. The van der Waals surface area contributed by atoms with Gasteiger partial charge in [-0.1, -0.05) is 54.1 Å². The third kappa shape index (κ3) is 4.48. The highest BCUT2D eigenvalue weighted by Gasteiger charge is 2.22. The maximum Gasteiger partial charge on any atom is 0.352 e. The maximum absolute atomic E-state index is 13.7. The monoisotopic (exact) mass is 436 g/mol. The van der Waals surface area contributed by atoms with Gasteiger partial charge in [0.2, 0.25) is 0 Å². The van der Waals surface area contributed by atoms with Gasteiger partial charge in [-0.05, 0) is 47.9 Å². The van der Waals surface area contributed by atoms with Crippen molar-refractivity contribution in [1.29, 1.82) is 0 Å². The molecule has 4 nitrogen and oxygen atoms in total. The molecule has 0 aliphatic carbocycles. The molecule has 0 atom stereocenters. The van der Waals surface area contributed by atoms with Crippen molar-refractivity contribution in [2.75, 3.05) is 0 Å². The Morgan fingerprint density at radius 1 is 1.06 bits per heavy atom. The van der Waals surface area contributed by atoms with Gasteiger partial charge in [-0.15, -0.1) is 0 Å². The van der Waals surface area contributed by atoms with Gasteiger partial charge in [0.1, 0.15) is 11.5 Å². The highest BCUT2D eigenvalue weighted by atomic mass is 35.5. The number of benzene rings is 3. The number of aromatic nitrogens is 1. The molecule has 2 N–H and O–H groups in total. The van der Waals surface area contributed by atoms with E-state index in [0.29, 0.717) is 29.2 Å². The lowest BCUT2D eigenvalue weighted by Gasteiger charge is -2.11. The number of carboxylic acids is 1. The van der Waals surface area contributed by atoms with Gasteiger partial charge < -0.3 is 15.0 Å². The van der Waals surface area contributed by atoms with Gasteiger partial charge in [-0.3, -0.25) is 0 Å². The van der Waals surface area contributed by atoms with E-state index in [9.17, 15) is 14.3 Å². The summed E-state index contributed by atoms with van der Waals surface area (Å²) in [6.45, 7) is 3.11. The Morgan fingerprint density at radius 3 is 2.61 bits per heavy atom. The molecule has 158 valence electrons. The maximum atomic E-state index is 13.7. The topological polar surface area (TPSA) is 54.3 Å². The van der Waals surface area contributed by atoms with Crippen molar-refractivity contribution >= 4 is 28.5 Å². The number of aromatic carboxylic acids is 1. The van der Waals surface area contributed by atoms with Gasteiger partial charge in [0.25, 0.3) is 0 Å². The Hall–Kier alpha value is -3.15. The van der Waals surface area contributed by atoms with Crippen LogP contribution in [0.25, 0.3) is 10.9 Å². The van der Waals surface area contributed by atoms with Crippen LogP contribution in [0.2, 0.25) is 5.02 Å². The first kappa shape index (κ1) is 21.1. The number of aryl methyl sites for hydroxylation is 1. The molecule has 4 rings (SSSR count). The Bertz CT molecular complexity index is 1270. The van der Waals surface area contributed by atoms with Crippen molar-refractivity contribution in [2.45, 2.75) is 26.6 Å². The zero-order valence-electron chi connectivity index (χ0n) is 17.0. The molecule has 0 aliphatic rings. The van der Waals surface area contributed by atoms with Crippen molar-refractivity contribution in [3.05, 3.63) is 106 Å². The Labute approximate surface area is 184 Å². The van der Waals surface area contributed by atoms with Crippen LogP contribution in [0.15, 0.2) is 66.7 Å². The van der Waals surface area contributed by atoms with Crippen molar-refractivity contribution in [1.82, 2.24) is 9.88 Å². The predicted molar refractivity (Wildman–Crippen MR) is 121 cm³/mol. The first-order valence-electron chi connectivity index (χ1n) is 9.97. The fourth-order valence-electron chi connectivity index (χ4n) is 3.90. The molecule has 0 bridgehead atoms. The van der Waals surface area contributed by atoms with E-state index in [0.717, 1.165) is 22.0 Å². The summed E-state index contributed by atoms with van der Waals surface area (Å²) in [5, 5.41) is 14.9. The van der Waals surface area contributed by atoms with Crippen molar-refractivity contribution in [3.8, 4) is 0 Å². The number of fused-ring (bicyclic) bond motifs is 1. The minimum atomic E-state index is -1.01. The van der Waals surface area contributed by atoms with Gasteiger partial charge in [0.05, 0.1) is 0 Å². The Morgan fingerprint density at radius 2 is 1.87 bits per heavy atom. The Balaban J connectivity index is 1.74. The highest BCUT2D eigenvalue weighted by molar-refractivity contribution is 6.31. The molecule has 3 aromatic carbocycles. The summed E-state index contributed by atoms with van der Waals surface area (Å²) < 4.78 is 15.5. The normalized spacial score (nSPS) is 11.2. The predicted octanol–water partition coefficient (Wildman–Crippen LogP) is 5.78. The fourth-order valence-corrected chi connectivity index (χ4v) is 4.10. The third-order valence-electron chi connectivity index (χ3n) is 5.33. The number of carboxylic acid groups (broad SMARTS) is 1. The van der Waals surface area contributed by atoms with Crippen molar-refractivity contribution in [3.63, 3.8) is 0 Å². The van der Waals surface area contributed by atoms with Crippen LogP contribution in [-0.2, 0) is 19.6 Å². The third-order valence-corrected chi connectivity index (χ3v) is 5.70. The summed E-state index contributed by atoms with van der Waals surface area (Å²) in [5.41, 5.74) is 4.40. The summed E-state index contributed by atoms with van der Waals surface area (Å²) in [6, 6.07) is 19.7. The first-order valence-corrected chi connectivity index (χ1v) is 10.4. The number of halogens is 2. The molecule has 0 spiro atoms. The van der Waals surface area contributed by atoms with E-state index in [2.05, 4.69) is 5.32 Å². The number of rotatable bonds is 7. The van der Waals surface area contributed by atoms with Crippen LogP contribution in [-0.4, -0.2) is 15.6 Å². The molecule has 0 amide bonds. The number of carbonyl (C=O) groups is 1. The summed E-state index contributed by atoms with van der Waals surface area (Å²) in [7, 11) is 0. The van der Waals surface area contributed by atoms with E-state index < -0.39 is 5.97 Å². The zero-order valence-corrected chi connectivity index (χ0v) is 17.8. The minimum Gasteiger partial charge on any atom is -0.477 e. The molecule has 6 heteroatoms. The van der Waals surface area contributed by atoms with E-state index in [1.54, 1.807) is 16.7 Å². The van der Waals surface area contributed by atoms with Gasteiger partial charge in [0, 0.05) is 41.1 Å². The van der Waals surface area contributed by atoms with Gasteiger partial charge in [0.15, 0.2) is 0 Å². The second-order valence-corrected chi connectivity index (χ2v) is 7.97. The van der Waals surface area contributed by atoms with Crippen LogP contribution in [0.3, 0.4) is 0 Å². The van der Waals surface area contributed by atoms with Crippen LogP contribution in [0.1, 0.15) is 32.7 Å². The summed E-state index contributed by atoms with van der Waals surface area (Å²) in [6.07, 6.45) is 0. The molecule has 0 aliphatic heterocycles. The summed E-state index contributed by atoms with van der Waals surface area (Å²) in [5.74, 6) is -1.36. The lowest BCUT2D eigenvalue weighted by molar-refractivity contribution is 0.0685. The minimum absolute atomic E-state index is 0.205. The summed E-state index contributed by atoms with van der Waals surface area (Å²) in [4.78, 5) is 12.3. The van der Waals surface area contributed by atoms with E-state index in [4.69, 9.17) is 11.6 Å². The molecule has 0 radical (unpaired) electrons. The fraction of sp³-hybridized carbons (Fsp3) is 0.160. The molecule has 4 aromatic rings. The molecular weight excluding hydrogens is 415 g/mol. The van der Waals surface area contributed by atoms with E-state index in [1.807, 2.05) is 49.4 Å². The SMILES string of the molecule is Cc1ccc2c(CNCc3ccccc3Cl)c(C(=O)O)n(Cc3cccc(F)c3)c2c1. The second-order valence-electron chi connectivity index (χ2n) is 7.56. The van der Waals surface area contributed by atoms with E-state index in [1.165, 1.54) is 12.1 Å². The average Bonchev–Trinajstić information content (AvgIpc) is 3.02. The molecule has 0 fully saturated rings. The lowest BCUT2D eigenvalue weighted by atomic mass is 10.1. The van der Waals surface area contributed by atoms with Crippen LogP contribution in [0.4, 0.5) is 4.39 Å². The average molecular weight is 437 g/mol. The number of hydrogen-bond donors (Lipinski definition) is 2. The molecule has 1 heterocycles. The van der Waals surface area contributed by atoms with E-state index in [-0.39, 0.29) is 18.1 Å². The standard InChI is InChI=1S/C25H22ClFN2O2/c1-16-9-10-20-21(14-28-13-18-6-2-3-8-22(18)26)24(25(30)31)29(23(20)11-16)15-17-5-4-7-19(27)12-17/h2-12,28H,13-15H2,1H3,(H,30,31). The quantitative estimate of drug-likeness (QED) is 0.386. The largest absolute Gasteiger partial charge is 0.477 e. The highest BCUT2D eigenvalue weighted by Crippen LogP contribution is 2.29.